The smallest absolute Gasteiger partial charge is 0.130 e. The summed E-state index contributed by atoms with van der Waals surface area (Å²) in [4.78, 5) is 4.57. The molecule has 1 aromatic carbocycles. The molecule has 2 N–H and O–H groups in total. The molecule has 1 unspecified atom stereocenters. The molecule has 1 aromatic rings. The molecule has 1 heterocycles. The molecule has 1 atom stereocenters. The van der Waals surface area contributed by atoms with E-state index in [0.29, 0.717) is 5.56 Å². The molecule has 0 saturated carbocycles. The summed E-state index contributed by atoms with van der Waals surface area (Å²) < 4.78 is 13.9. The van der Waals surface area contributed by atoms with Crippen molar-refractivity contribution in [2.75, 3.05) is 38.1 Å². The first-order valence-electron chi connectivity index (χ1n) is 7.07. The third-order valence-electron chi connectivity index (χ3n) is 3.85. The van der Waals surface area contributed by atoms with E-state index in [1.165, 1.54) is 32.0 Å². The van der Waals surface area contributed by atoms with Crippen LogP contribution in [0.25, 0.3) is 0 Å². The Balaban J connectivity index is 2.05. The van der Waals surface area contributed by atoms with Crippen LogP contribution in [0.4, 0.5) is 10.1 Å². The molecule has 2 rings (SSSR count). The van der Waals surface area contributed by atoms with Crippen LogP contribution in [-0.4, -0.2) is 38.1 Å². The molecule has 0 spiro atoms. The fourth-order valence-electron chi connectivity index (χ4n) is 2.73. The molecular formula is C15H24FN3. The van der Waals surface area contributed by atoms with Crippen molar-refractivity contribution >= 4 is 5.69 Å². The van der Waals surface area contributed by atoms with Crippen LogP contribution in [0.15, 0.2) is 18.2 Å². The van der Waals surface area contributed by atoms with Gasteiger partial charge in [0.2, 0.25) is 0 Å². The molecule has 1 fully saturated rings. The number of halogens is 1. The van der Waals surface area contributed by atoms with E-state index in [-0.39, 0.29) is 11.9 Å². The molecule has 0 aromatic heterocycles. The molecule has 1 saturated heterocycles. The van der Waals surface area contributed by atoms with Crippen molar-refractivity contribution in [2.24, 2.45) is 5.73 Å². The number of hydrogen-bond acceptors (Lipinski definition) is 3. The van der Waals surface area contributed by atoms with Crippen molar-refractivity contribution in [3.05, 3.63) is 29.6 Å². The highest BCUT2D eigenvalue weighted by molar-refractivity contribution is 5.55. The molecule has 0 aliphatic carbocycles. The van der Waals surface area contributed by atoms with E-state index in [2.05, 4.69) is 9.80 Å². The number of likely N-dealkylation sites (tertiary alicyclic amines) is 1. The molecule has 1 aliphatic rings. The number of likely N-dealkylation sites (N-methyl/N-ethyl adjacent to an activating group) is 1. The van der Waals surface area contributed by atoms with Crippen LogP contribution in [-0.2, 0) is 0 Å². The summed E-state index contributed by atoms with van der Waals surface area (Å²) in [5.74, 6) is -0.208. The van der Waals surface area contributed by atoms with Crippen molar-refractivity contribution in [3.8, 4) is 0 Å². The van der Waals surface area contributed by atoms with Crippen molar-refractivity contribution in [1.82, 2.24) is 4.90 Å². The van der Waals surface area contributed by atoms with Crippen LogP contribution in [0.5, 0.6) is 0 Å². The average molecular weight is 265 g/mol. The molecule has 3 nitrogen and oxygen atoms in total. The zero-order valence-corrected chi connectivity index (χ0v) is 11.9. The number of nitrogens with two attached hydrogens (primary N) is 1. The lowest BCUT2D eigenvalue weighted by Gasteiger charge is -2.26. The highest BCUT2D eigenvalue weighted by Crippen LogP contribution is 2.27. The summed E-state index contributed by atoms with van der Waals surface area (Å²) in [5.41, 5.74) is 7.42. The number of rotatable bonds is 5. The van der Waals surface area contributed by atoms with Gasteiger partial charge in [-0.05, 0) is 45.0 Å². The van der Waals surface area contributed by atoms with E-state index in [4.69, 9.17) is 5.73 Å². The minimum Gasteiger partial charge on any atom is -0.373 e. The van der Waals surface area contributed by atoms with Crippen LogP contribution in [0.1, 0.15) is 31.4 Å². The van der Waals surface area contributed by atoms with Gasteiger partial charge in [-0.15, -0.1) is 0 Å². The Morgan fingerprint density at radius 1 is 1.37 bits per heavy atom. The highest BCUT2D eigenvalue weighted by Gasteiger charge is 2.17. The zero-order valence-electron chi connectivity index (χ0n) is 11.9. The standard InChI is InChI=1S/C15H24FN3/c1-12(17)15-13(16)6-5-7-14(15)18(2)10-11-19-8-3-4-9-19/h5-7,12H,3-4,8-11,17H2,1-2H3. The first-order valence-corrected chi connectivity index (χ1v) is 7.07. The fourth-order valence-corrected chi connectivity index (χ4v) is 2.73. The van der Waals surface area contributed by atoms with Gasteiger partial charge in [-0.25, -0.2) is 4.39 Å². The van der Waals surface area contributed by atoms with Crippen LogP contribution < -0.4 is 10.6 Å². The minimum atomic E-state index is -0.287. The van der Waals surface area contributed by atoms with E-state index >= 15 is 0 Å². The Morgan fingerprint density at radius 3 is 2.68 bits per heavy atom. The minimum absolute atomic E-state index is 0.208. The Kier molecular flexibility index (Phi) is 4.77. The quantitative estimate of drug-likeness (QED) is 0.887. The summed E-state index contributed by atoms with van der Waals surface area (Å²) >= 11 is 0. The SMILES string of the molecule is CC(N)c1c(F)cccc1N(C)CCN1CCCC1. The largest absolute Gasteiger partial charge is 0.373 e. The second-order valence-corrected chi connectivity index (χ2v) is 5.43. The number of anilines is 1. The normalized spacial score (nSPS) is 17.7. The van der Waals surface area contributed by atoms with E-state index in [1.54, 1.807) is 6.07 Å². The van der Waals surface area contributed by atoms with Gasteiger partial charge >= 0.3 is 0 Å². The topological polar surface area (TPSA) is 32.5 Å². The highest BCUT2D eigenvalue weighted by atomic mass is 19.1. The van der Waals surface area contributed by atoms with Gasteiger partial charge in [0.1, 0.15) is 5.82 Å². The summed E-state index contributed by atoms with van der Waals surface area (Å²) in [6.07, 6.45) is 2.60. The molecule has 106 valence electrons. The Morgan fingerprint density at radius 2 is 2.05 bits per heavy atom. The van der Waals surface area contributed by atoms with E-state index < -0.39 is 0 Å². The second kappa shape index (κ2) is 6.35. The second-order valence-electron chi connectivity index (χ2n) is 5.43. The van der Waals surface area contributed by atoms with Gasteiger partial charge in [-0.3, -0.25) is 0 Å². The molecule has 0 bridgehead atoms. The Bertz CT molecular complexity index is 414. The van der Waals surface area contributed by atoms with E-state index in [9.17, 15) is 4.39 Å². The van der Waals surface area contributed by atoms with Gasteiger partial charge in [0, 0.05) is 37.4 Å². The van der Waals surface area contributed by atoms with Crippen molar-refractivity contribution in [2.45, 2.75) is 25.8 Å². The van der Waals surface area contributed by atoms with Gasteiger partial charge in [0.25, 0.3) is 0 Å². The van der Waals surface area contributed by atoms with Gasteiger partial charge in [-0.2, -0.15) is 0 Å². The zero-order chi connectivity index (χ0) is 13.8. The molecular weight excluding hydrogens is 241 g/mol. The lowest BCUT2D eigenvalue weighted by atomic mass is 10.1. The van der Waals surface area contributed by atoms with Crippen LogP contribution in [0.2, 0.25) is 0 Å². The van der Waals surface area contributed by atoms with Crippen LogP contribution in [0, 0.1) is 5.82 Å². The van der Waals surface area contributed by atoms with Gasteiger partial charge < -0.3 is 15.5 Å². The molecule has 1 aliphatic heterocycles. The maximum atomic E-state index is 13.9. The summed E-state index contributed by atoms with van der Waals surface area (Å²) in [5, 5.41) is 0. The third-order valence-corrected chi connectivity index (χ3v) is 3.85. The summed E-state index contributed by atoms with van der Waals surface area (Å²) in [6.45, 7) is 6.15. The van der Waals surface area contributed by atoms with Crippen molar-refractivity contribution in [3.63, 3.8) is 0 Å². The number of hydrogen-bond donors (Lipinski definition) is 1. The van der Waals surface area contributed by atoms with Crippen LogP contribution >= 0.6 is 0 Å². The Hall–Kier alpha value is -1.13. The number of nitrogens with zero attached hydrogens (tertiary/aromatic N) is 2. The van der Waals surface area contributed by atoms with Gasteiger partial charge in [0.15, 0.2) is 0 Å². The predicted molar refractivity (Wildman–Crippen MR) is 77.9 cm³/mol. The van der Waals surface area contributed by atoms with Crippen LogP contribution in [0.3, 0.4) is 0 Å². The number of benzene rings is 1. The first kappa shape index (κ1) is 14.3. The maximum absolute atomic E-state index is 13.9. The lowest BCUT2D eigenvalue weighted by molar-refractivity contribution is 0.346. The third kappa shape index (κ3) is 3.45. The van der Waals surface area contributed by atoms with E-state index in [1.807, 2.05) is 20.0 Å². The van der Waals surface area contributed by atoms with Gasteiger partial charge in [-0.1, -0.05) is 6.07 Å². The lowest BCUT2D eigenvalue weighted by Crippen LogP contribution is -2.32. The summed E-state index contributed by atoms with van der Waals surface area (Å²) in [7, 11) is 2.01. The Labute approximate surface area is 115 Å². The fraction of sp³-hybridized carbons (Fsp3) is 0.600. The predicted octanol–water partition coefficient (Wildman–Crippen LogP) is 2.38. The average Bonchev–Trinajstić information content (AvgIpc) is 2.88. The monoisotopic (exact) mass is 265 g/mol. The molecule has 19 heavy (non-hydrogen) atoms. The van der Waals surface area contributed by atoms with Gasteiger partial charge in [0.05, 0.1) is 0 Å². The molecule has 4 heteroatoms. The van der Waals surface area contributed by atoms with Crippen molar-refractivity contribution < 1.29 is 4.39 Å². The molecule has 0 radical (unpaired) electrons. The summed E-state index contributed by atoms with van der Waals surface area (Å²) in [6, 6.07) is 4.90. The molecule has 0 amide bonds. The maximum Gasteiger partial charge on any atom is 0.130 e. The first-order chi connectivity index (χ1) is 9.09. The van der Waals surface area contributed by atoms with E-state index in [0.717, 1.165) is 18.8 Å². The van der Waals surface area contributed by atoms with Crippen molar-refractivity contribution in [1.29, 1.82) is 0 Å².